The van der Waals surface area contributed by atoms with Crippen LogP contribution in [0.1, 0.15) is 13.3 Å². The highest BCUT2D eigenvalue weighted by molar-refractivity contribution is 7.92. The Hall–Kier alpha value is -1.81. The van der Waals surface area contributed by atoms with Crippen molar-refractivity contribution in [3.63, 3.8) is 0 Å². The summed E-state index contributed by atoms with van der Waals surface area (Å²) in [6.07, 6.45) is 0.871. The number of benzene rings is 2. The molecule has 1 N–H and O–H groups in total. The molecule has 0 saturated carbocycles. The molecule has 7 nitrogen and oxygen atoms in total. The van der Waals surface area contributed by atoms with E-state index in [4.69, 9.17) is 11.6 Å². The average Bonchev–Trinajstić information content (AvgIpc) is 2.61. The molecule has 2 aromatic rings. The number of anilines is 2. The second-order valence-corrected chi connectivity index (χ2v) is 10.7. The Morgan fingerprint density at radius 1 is 0.929 bits per heavy atom. The number of halogens is 1. The van der Waals surface area contributed by atoms with Gasteiger partial charge < -0.3 is 4.90 Å². The van der Waals surface area contributed by atoms with E-state index < -0.39 is 20.0 Å². The van der Waals surface area contributed by atoms with Crippen LogP contribution in [0, 0.1) is 0 Å². The van der Waals surface area contributed by atoms with Gasteiger partial charge in [-0.3, -0.25) is 4.72 Å². The standard InChI is InChI=1S/C18H24ClN3O4S2/c1-5-13-22(4)18-16(19)7-6-8-17(18)20-27(23,24)14-9-11-15(12-10-14)28(25,26)21(2)3/h6-12,20H,5,13H2,1-4H3. The van der Waals surface area contributed by atoms with Gasteiger partial charge >= 0.3 is 0 Å². The fourth-order valence-corrected chi connectivity index (χ4v) is 4.93. The third-order valence-electron chi connectivity index (χ3n) is 4.08. The molecule has 28 heavy (non-hydrogen) atoms. The van der Waals surface area contributed by atoms with Crippen LogP contribution in [-0.4, -0.2) is 48.8 Å². The lowest BCUT2D eigenvalue weighted by molar-refractivity contribution is 0.520. The van der Waals surface area contributed by atoms with Gasteiger partial charge in [0.1, 0.15) is 0 Å². The minimum absolute atomic E-state index is 0.0163. The molecule has 10 heteroatoms. The first-order valence-electron chi connectivity index (χ1n) is 8.55. The van der Waals surface area contributed by atoms with Gasteiger partial charge in [0.25, 0.3) is 10.0 Å². The molecule has 0 atom stereocenters. The van der Waals surface area contributed by atoms with Crippen LogP contribution in [0.5, 0.6) is 0 Å². The summed E-state index contributed by atoms with van der Waals surface area (Å²) in [5.74, 6) is 0. The molecule has 0 aromatic heterocycles. The van der Waals surface area contributed by atoms with Gasteiger partial charge in [-0.1, -0.05) is 24.6 Å². The van der Waals surface area contributed by atoms with Gasteiger partial charge in [0.2, 0.25) is 10.0 Å². The van der Waals surface area contributed by atoms with Crippen LogP contribution in [-0.2, 0) is 20.0 Å². The average molecular weight is 446 g/mol. The third kappa shape index (κ3) is 4.78. The number of rotatable bonds is 8. The third-order valence-corrected chi connectivity index (χ3v) is 7.60. The van der Waals surface area contributed by atoms with Gasteiger partial charge in [-0.25, -0.2) is 21.1 Å². The Morgan fingerprint density at radius 3 is 2.04 bits per heavy atom. The summed E-state index contributed by atoms with van der Waals surface area (Å²) in [4.78, 5) is 1.85. The van der Waals surface area contributed by atoms with Crippen LogP contribution >= 0.6 is 11.6 Å². The van der Waals surface area contributed by atoms with E-state index in [0.29, 0.717) is 22.9 Å². The Morgan fingerprint density at radius 2 is 1.50 bits per heavy atom. The van der Waals surface area contributed by atoms with Crippen molar-refractivity contribution >= 4 is 43.0 Å². The predicted octanol–water partition coefficient (Wildman–Crippen LogP) is 3.24. The van der Waals surface area contributed by atoms with Crippen molar-refractivity contribution in [1.29, 1.82) is 0 Å². The Labute approximate surface area is 172 Å². The van der Waals surface area contributed by atoms with Crippen molar-refractivity contribution in [3.05, 3.63) is 47.5 Å². The van der Waals surface area contributed by atoms with Crippen molar-refractivity contribution in [2.45, 2.75) is 23.1 Å². The maximum absolute atomic E-state index is 12.8. The minimum Gasteiger partial charge on any atom is -0.372 e. The number of hydrogen-bond donors (Lipinski definition) is 1. The molecule has 0 saturated heterocycles. The van der Waals surface area contributed by atoms with E-state index in [1.54, 1.807) is 18.2 Å². The van der Waals surface area contributed by atoms with E-state index >= 15 is 0 Å². The number of hydrogen-bond acceptors (Lipinski definition) is 5. The zero-order chi connectivity index (χ0) is 21.1. The molecule has 0 heterocycles. The molecule has 0 unspecified atom stereocenters. The van der Waals surface area contributed by atoms with Crippen molar-refractivity contribution in [3.8, 4) is 0 Å². The van der Waals surface area contributed by atoms with Crippen LogP contribution in [0.15, 0.2) is 52.3 Å². The van der Waals surface area contributed by atoms with E-state index in [9.17, 15) is 16.8 Å². The first-order chi connectivity index (χ1) is 13.0. The van der Waals surface area contributed by atoms with Gasteiger partial charge in [-0.2, -0.15) is 0 Å². The molecule has 0 aliphatic rings. The van der Waals surface area contributed by atoms with E-state index in [0.717, 1.165) is 10.7 Å². The SMILES string of the molecule is CCCN(C)c1c(Cl)cccc1NS(=O)(=O)c1ccc(S(=O)(=O)N(C)C)cc1. The lowest BCUT2D eigenvalue weighted by Crippen LogP contribution is -2.23. The van der Waals surface area contributed by atoms with Crippen molar-refractivity contribution in [1.82, 2.24) is 4.31 Å². The topological polar surface area (TPSA) is 86.8 Å². The number of sulfonamides is 2. The highest BCUT2D eigenvalue weighted by atomic mass is 35.5. The van der Waals surface area contributed by atoms with Crippen LogP contribution in [0.2, 0.25) is 5.02 Å². The summed E-state index contributed by atoms with van der Waals surface area (Å²) in [6.45, 7) is 2.72. The zero-order valence-corrected chi connectivity index (χ0v) is 18.6. The van der Waals surface area contributed by atoms with Crippen molar-refractivity contribution in [2.75, 3.05) is 37.3 Å². The highest BCUT2D eigenvalue weighted by Crippen LogP contribution is 2.34. The molecule has 0 aliphatic heterocycles. The molecular formula is C18H24ClN3O4S2. The lowest BCUT2D eigenvalue weighted by Gasteiger charge is -2.23. The minimum atomic E-state index is -3.93. The van der Waals surface area contributed by atoms with Gasteiger partial charge in [0.05, 0.1) is 26.2 Å². The first-order valence-corrected chi connectivity index (χ1v) is 11.9. The summed E-state index contributed by atoms with van der Waals surface area (Å²) in [5.41, 5.74) is 0.940. The number of nitrogens with zero attached hydrogens (tertiary/aromatic N) is 2. The molecule has 2 aromatic carbocycles. The molecule has 0 fully saturated rings. The Balaban J connectivity index is 2.39. The molecule has 0 amide bonds. The fourth-order valence-electron chi connectivity index (χ4n) is 2.64. The van der Waals surface area contributed by atoms with Crippen LogP contribution < -0.4 is 9.62 Å². The van der Waals surface area contributed by atoms with Crippen LogP contribution in [0.4, 0.5) is 11.4 Å². The van der Waals surface area contributed by atoms with Gasteiger partial charge in [-0.15, -0.1) is 0 Å². The van der Waals surface area contributed by atoms with Crippen LogP contribution in [0.3, 0.4) is 0 Å². The van der Waals surface area contributed by atoms with Gasteiger partial charge in [-0.05, 0) is 42.8 Å². The maximum Gasteiger partial charge on any atom is 0.261 e. The number of nitrogens with one attached hydrogen (secondary N) is 1. The van der Waals surface area contributed by atoms with E-state index in [1.165, 1.54) is 38.4 Å². The molecule has 2 rings (SSSR count). The summed E-state index contributed by atoms with van der Waals surface area (Å²) in [6, 6.07) is 10.1. The molecule has 0 radical (unpaired) electrons. The van der Waals surface area contributed by atoms with Gasteiger partial charge in [0, 0.05) is 27.7 Å². The maximum atomic E-state index is 12.8. The summed E-state index contributed by atoms with van der Waals surface area (Å²) >= 11 is 6.29. The van der Waals surface area contributed by atoms with Crippen molar-refractivity contribution in [2.24, 2.45) is 0 Å². The quantitative estimate of drug-likeness (QED) is 0.674. The van der Waals surface area contributed by atoms with Crippen molar-refractivity contribution < 1.29 is 16.8 Å². The normalized spacial score (nSPS) is 12.2. The second kappa shape index (κ2) is 8.69. The first kappa shape index (κ1) is 22.5. The second-order valence-electron chi connectivity index (χ2n) is 6.42. The summed E-state index contributed by atoms with van der Waals surface area (Å²) in [5, 5.41) is 0.434. The number of para-hydroxylation sites is 1. The Bertz CT molecular complexity index is 1040. The molecule has 0 bridgehead atoms. The van der Waals surface area contributed by atoms with E-state index in [1.807, 2.05) is 18.9 Å². The highest BCUT2D eigenvalue weighted by Gasteiger charge is 2.21. The van der Waals surface area contributed by atoms with E-state index in [2.05, 4.69) is 4.72 Å². The predicted molar refractivity (Wildman–Crippen MR) is 113 cm³/mol. The zero-order valence-electron chi connectivity index (χ0n) is 16.2. The molecular weight excluding hydrogens is 422 g/mol. The fraction of sp³-hybridized carbons (Fsp3) is 0.333. The smallest absolute Gasteiger partial charge is 0.261 e. The molecule has 0 spiro atoms. The van der Waals surface area contributed by atoms with Crippen LogP contribution in [0.25, 0.3) is 0 Å². The monoisotopic (exact) mass is 445 g/mol. The largest absolute Gasteiger partial charge is 0.372 e. The van der Waals surface area contributed by atoms with Gasteiger partial charge in [0.15, 0.2) is 0 Å². The summed E-state index contributed by atoms with van der Waals surface area (Å²) in [7, 11) is -2.90. The lowest BCUT2D eigenvalue weighted by atomic mass is 10.2. The van der Waals surface area contributed by atoms with E-state index in [-0.39, 0.29) is 9.79 Å². The molecule has 0 aliphatic carbocycles. The summed E-state index contributed by atoms with van der Waals surface area (Å²) < 4.78 is 53.5. The molecule has 154 valence electrons. The Kier molecular flexibility index (Phi) is 6.97.